The summed E-state index contributed by atoms with van der Waals surface area (Å²) < 4.78 is 0. The maximum absolute atomic E-state index is 8.36. The van der Waals surface area contributed by atoms with E-state index >= 15 is 0 Å². The minimum absolute atomic E-state index is 0. The molecule has 0 rings (SSSR count). The molecule has 0 saturated carbocycles. The Kier molecular flexibility index (Phi) is 56.8. The molecule has 0 aliphatic rings. The predicted molar refractivity (Wildman–Crippen MR) is 32.2 cm³/mol. The Morgan fingerprint density at radius 1 is 1.71 bits per heavy atom. The van der Waals surface area contributed by atoms with E-state index in [-0.39, 0.29) is 60.2 Å². The summed E-state index contributed by atoms with van der Waals surface area (Å²) in [4.78, 5) is 8.36. The number of nitrogens with zero attached hydrogens (tertiary/aromatic N) is 1. The number of hydrogen-bond acceptors (Lipinski definition) is 3. The SMILES string of the molecule is N.O=[N+]([O-])O.S.[Ca+2].[H-].[H-]. The molecule has 0 fully saturated rings. The van der Waals surface area contributed by atoms with E-state index < -0.39 is 5.09 Å². The predicted octanol–water partition coefficient (Wildman–Crippen LogP) is -0.229. The Morgan fingerprint density at radius 2 is 1.71 bits per heavy atom. The van der Waals surface area contributed by atoms with Crippen molar-refractivity contribution in [3.05, 3.63) is 10.1 Å². The molecule has 4 N–H and O–H groups in total. The van der Waals surface area contributed by atoms with Gasteiger partial charge in [-0.15, -0.1) is 10.1 Å². The van der Waals surface area contributed by atoms with E-state index in [0.29, 0.717) is 0 Å². The summed E-state index contributed by atoms with van der Waals surface area (Å²) in [6.45, 7) is 0. The molecule has 0 unspecified atom stereocenters. The van der Waals surface area contributed by atoms with Crippen LogP contribution in [0, 0.1) is 10.1 Å². The fourth-order valence-electron chi connectivity index (χ4n) is 0. The molecule has 0 spiro atoms. The van der Waals surface area contributed by atoms with Crippen LogP contribution in [0.25, 0.3) is 0 Å². The van der Waals surface area contributed by atoms with Crippen molar-refractivity contribution in [1.82, 2.24) is 6.15 Å². The second-order valence-corrected chi connectivity index (χ2v) is 0.238. The molecular weight excluding hydrogens is 148 g/mol. The minimum atomic E-state index is -1.50. The Balaban J connectivity index is -0.00000000450. The van der Waals surface area contributed by atoms with Crippen LogP contribution in [-0.4, -0.2) is 48.0 Å². The third kappa shape index (κ3) is 260. The van der Waals surface area contributed by atoms with Gasteiger partial charge in [0.1, 0.15) is 0 Å². The largest absolute Gasteiger partial charge is 2.00 e. The summed E-state index contributed by atoms with van der Waals surface area (Å²) in [5.74, 6) is 0. The van der Waals surface area contributed by atoms with Gasteiger partial charge >= 0.3 is 37.7 Å². The van der Waals surface area contributed by atoms with E-state index in [1.165, 1.54) is 0 Å². The molecule has 0 amide bonds. The van der Waals surface area contributed by atoms with Crippen molar-refractivity contribution < 1.29 is 13.1 Å². The van der Waals surface area contributed by atoms with E-state index in [0.717, 1.165) is 0 Å². The molecule has 7 heteroatoms. The van der Waals surface area contributed by atoms with Crippen LogP contribution in [0.2, 0.25) is 0 Å². The Bertz CT molecular complexity index is 42.8. The monoisotopic (exact) mass is 156 g/mol. The minimum Gasteiger partial charge on any atom is -1.00 e. The molecule has 0 atom stereocenters. The Hall–Kier alpha value is 0.770. The second kappa shape index (κ2) is 15.9. The number of hydrogen-bond donors (Lipinski definition) is 2. The van der Waals surface area contributed by atoms with Crippen LogP contribution in [0.5, 0.6) is 0 Å². The van der Waals surface area contributed by atoms with E-state index in [4.69, 9.17) is 15.3 Å². The molecule has 7 heavy (non-hydrogen) atoms. The maximum Gasteiger partial charge on any atom is 2.00 e. The van der Waals surface area contributed by atoms with Crippen LogP contribution in [-0.2, 0) is 0 Å². The molecule has 44 valence electrons. The van der Waals surface area contributed by atoms with E-state index in [1.807, 2.05) is 0 Å². The maximum atomic E-state index is 8.36. The van der Waals surface area contributed by atoms with E-state index in [2.05, 4.69) is 0 Å². The molecule has 0 aromatic rings. The van der Waals surface area contributed by atoms with Crippen molar-refractivity contribution >= 4 is 51.2 Å². The molecule has 0 saturated heterocycles. The molecule has 0 aromatic carbocycles. The zero-order valence-corrected chi connectivity index (χ0v) is 6.83. The van der Waals surface area contributed by atoms with Crippen molar-refractivity contribution in [2.24, 2.45) is 0 Å². The zero-order chi connectivity index (χ0) is 3.58. The number of rotatable bonds is 0. The van der Waals surface area contributed by atoms with Crippen LogP contribution in [0.15, 0.2) is 0 Å². The van der Waals surface area contributed by atoms with Gasteiger partial charge in [-0.2, -0.15) is 13.5 Å². The molecule has 0 aliphatic carbocycles. The van der Waals surface area contributed by atoms with Crippen LogP contribution < -0.4 is 6.15 Å². The third-order valence-electron chi connectivity index (χ3n) is 0. The van der Waals surface area contributed by atoms with Gasteiger partial charge in [-0.1, -0.05) is 0 Å². The van der Waals surface area contributed by atoms with Gasteiger partial charge in [0.25, 0.3) is 5.09 Å². The molecule has 5 nitrogen and oxygen atoms in total. The first-order valence-corrected chi connectivity index (χ1v) is 0.565. The van der Waals surface area contributed by atoms with Gasteiger partial charge in [0.15, 0.2) is 0 Å². The Labute approximate surface area is 80.2 Å². The average molecular weight is 156 g/mol. The summed E-state index contributed by atoms with van der Waals surface area (Å²) >= 11 is 0. The van der Waals surface area contributed by atoms with Crippen molar-refractivity contribution in [3.8, 4) is 0 Å². The van der Waals surface area contributed by atoms with Gasteiger partial charge in [0.05, 0.1) is 0 Å². The van der Waals surface area contributed by atoms with Gasteiger partial charge < -0.3 is 14.2 Å². The van der Waals surface area contributed by atoms with Crippen molar-refractivity contribution in [2.75, 3.05) is 0 Å². The van der Waals surface area contributed by atoms with E-state index in [1.54, 1.807) is 0 Å². The standard InChI is InChI=1S/Ca.HNO3.H3N.H2S.2H/c;2-1(3)4;;;;/h;(H,2,3,4);1H3;1H2;;/q+2;;;;2*-1. The van der Waals surface area contributed by atoms with E-state index in [9.17, 15) is 0 Å². The Morgan fingerprint density at radius 3 is 1.71 bits per heavy atom. The third-order valence-corrected chi connectivity index (χ3v) is 0. The van der Waals surface area contributed by atoms with Gasteiger partial charge in [0, 0.05) is 0 Å². The molecule has 0 radical (unpaired) electrons. The summed E-state index contributed by atoms with van der Waals surface area (Å²) in [5.41, 5.74) is 0. The second-order valence-electron chi connectivity index (χ2n) is 0.238. The van der Waals surface area contributed by atoms with Gasteiger partial charge in [0.2, 0.25) is 0 Å². The summed E-state index contributed by atoms with van der Waals surface area (Å²) in [7, 11) is 0. The quantitative estimate of drug-likeness (QED) is 0.287. The normalized spacial score (nSPS) is 3.43. The van der Waals surface area contributed by atoms with Crippen molar-refractivity contribution in [1.29, 1.82) is 0 Å². The van der Waals surface area contributed by atoms with Crippen LogP contribution in [0.3, 0.4) is 0 Å². The molecular formula is H8CaN2O3S. The fourth-order valence-corrected chi connectivity index (χ4v) is 0. The van der Waals surface area contributed by atoms with Crippen LogP contribution >= 0.6 is 13.5 Å². The summed E-state index contributed by atoms with van der Waals surface area (Å²) in [6.07, 6.45) is 0. The topological polar surface area (TPSA) is 98.4 Å². The molecule has 0 heterocycles. The first-order chi connectivity index (χ1) is 1.73. The summed E-state index contributed by atoms with van der Waals surface area (Å²) in [6, 6.07) is 0. The summed E-state index contributed by atoms with van der Waals surface area (Å²) in [5, 5.41) is 13.6. The fraction of sp³-hybridized carbons (Fsp3) is 0. The van der Waals surface area contributed by atoms with Gasteiger partial charge in [-0.3, -0.25) is 0 Å². The molecule has 0 aliphatic heterocycles. The van der Waals surface area contributed by atoms with Crippen molar-refractivity contribution in [3.63, 3.8) is 0 Å². The average Bonchev–Trinajstić information content (AvgIpc) is 0.811. The van der Waals surface area contributed by atoms with Crippen molar-refractivity contribution in [2.45, 2.75) is 0 Å². The van der Waals surface area contributed by atoms with Crippen LogP contribution in [0.1, 0.15) is 2.85 Å². The molecule has 0 bridgehead atoms. The zero-order valence-electron chi connectivity index (χ0n) is 5.63. The van der Waals surface area contributed by atoms with Gasteiger partial charge in [-0.05, 0) is 0 Å². The molecule has 0 aromatic heterocycles. The first kappa shape index (κ1) is 25.1. The van der Waals surface area contributed by atoms with Crippen LogP contribution in [0.4, 0.5) is 0 Å². The smallest absolute Gasteiger partial charge is 1.00 e. The first-order valence-electron chi connectivity index (χ1n) is 0.565. The van der Waals surface area contributed by atoms with Gasteiger partial charge in [-0.25, -0.2) is 0 Å².